The number of hydrogen-bond donors (Lipinski definition) is 1. The van der Waals surface area contributed by atoms with E-state index in [0.29, 0.717) is 5.69 Å². The number of primary amides is 1. The molecule has 1 rings (SSSR count). The number of nitrogens with zero attached hydrogens (tertiary/aromatic N) is 2. The minimum Gasteiger partial charge on any atom is -0.364 e. The highest BCUT2D eigenvalue weighted by Crippen LogP contribution is 1.88. The van der Waals surface area contributed by atoms with Crippen LogP contribution in [-0.2, 0) is 4.79 Å². The van der Waals surface area contributed by atoms with Gasteiger partial charge in [0.2, 0.25) is 6.41 Å². The molecule has 0 radical (unpaired) electrons. The molecular weight excluding hydrogens is 182 g/mol. The van der Waals surface area contributed by atoms with E-state index in [-0.39, 0.29) is 0 Å². The van der Waals surface area contributed by atoms with E-state index in [2.05, 4.69) is 4.98 Å². The van der Waals surface area contributed by atoms with Crippen LogP contribution < -0.4 is 5.73 Å². The van der Waals surface area contributed by atoms with Crippen LogP contribution in [0.15, 0.2) is 24.4 Å². The molecule has 1 heterocycles. The average molecular weight is 195 g/mol. The monoisotopic (exact) mass is 195 g/mol. The molecule has 2 N–H and O–H groups in total. The third kappa shape index (κ3) is 5.70. The van der Waals surface area contributed by atoms with Crippen LogP contribution in [0.5, 0.6) is 0 Å². The van der Waals surface area contributed by atoms with Gasteiger partial charge in [-0.1, -0.05) is 6.07 Å². The molecule has 0 saturated heterocycles. The van der Waals surface area contributed by atoms with E-state index in [1.165, 1.54) is 11.1 Å². The van der Waals surface area contributed by atoms with Crippen molar-refractivity contribution >= 4 is 12.3 Å². The molecule has 0 atom stereocenters. The van der Waals surface area contributed by atoms with Gasteiger partial charge in [-0.25, -0.2) is 0 Å². The van der Waals surface area contributed by atoms with Crippen molar-refractivity contribution in [3.63, 3.8) is 0 Å². The van der Waals surface area contributed by atoms with Crippen molar-refractivity contribution in [3.8, 4) is 0 Å². The fourth-order valence-corrected chi connectivity index (χ4v) is 0.509. The van der Waals surface area contributed by atoms with Gasteiger partial charge in [0.25, 0.3) is 5.91 Å². The summed E-state index contributed by atoms with van der Waals surface area (Å²) in [6.07, 6.45) is 2.28. The van der Waals surface area contributed by atoms with Gasteiger partial charge in [-0.3, -0.25) is 14.6 Å². The second-order valence-electron chi connectivity index (χ2n) is 2.65. The molecule has 0 aliphatic rings. The summed E-state index contributed by atoms with van der Waals surface area (Å²) in [5.41, 5.74) is 5.22. The van der Waals surface area contributed by atoms with Crippen molar-refractivity contribution in [2.75, 3.05) is 14.1 Å². The van der Waals surface area contributed by atoms with Gasteiger partial charge in [0.15, 0.2) is 0 Å². The van der Waals surface area contributed by atoms with Crippen LogP contribution in [0.25, 0.3) is 0 Å². The molecule has 0 fully saturated rings. The van der Waals surface area contributed by atoms with Crippen LogP contribution >= 0.6 is 0 Å². The minimum absolute atomic E-state index is 0.303. The third-order valence-corrected chi connectivity index (χ3v) is 1.13. The van der Waals surface area contributed by atoms with Crippen molar-refractivity contribution in [2.24, 2.45) is 5.73 Å². The molecule has 0 saturated carbocycles. The van der Waals surface area contributed by atoms with Gasteiger partial charge in [0.1, 0.15) is 5.69 Å². The molecule has 0 bridgehead atoms. The van der Waals surface area contributed by atoms with E-state index >= 15 is 0 Å². The lowest BCUT2D eigenvalue weighted by Gasteiger charge is -1.93. The van der Waals surface area contributed by atoms with Crippen LogP contribution in [0.3, 0.4) is 0 Å². The van der Waals surface area contributed by atoms with Crippen molar-refractivity contribution in [2.45, 2.75) is 0 Å². The molecule has 2 amide bonds. The summed E-state index contributed by atoms with van der Waals surface area (Å²) < 4.78 is 0. The number of rotatable bonds is 2. The number of carbonyl (C=O) groups is 2. The Bertz CT molecular complexity index is 285. The summed E-state index contributed by atoms with van der Waals surface area (Å²) in [6.45, 7) is 0. The number of carbonyl (C=O) groups excluding carboxylic acids is 2. The summed E-state index contributed by atoms with van der Waals surface area (Å²) in [6, 6.07) is 5.02. The largest absolute Gasteiger partial charge is 0.364 e. The Morgan fingerprint density at radius 2 is 2.07 bits per heavy atom. The molecule has 5 heteroatoms. The maximum Gasteiger partial charge on any atom is 0.267 e. The van der Waals surface area contributed by atoms with E-state index in [1.807, 2.05) is 0 Å². The highest BCUT2D eigenvalue weighted by Gasteiger charge is 1.95. The Labute approximate surface area is 82.5 Å². The lowest BCUT2D eigenvalue weighted by molar-refractivity contribution is -0.115. The average Bonchev–Trinajstić information content (AvgIpc) is 2.20. The Morgan fingerprint density at radius 1 is 1.50 bits per heavy atom. The molecule has 0 aliphatic heterocycles. The SMILES string of the molecule is CN(C)C=O.NC(=O)c1ccccn1. The zero-order chi connectivity index (χ0) is 11.0. The zero-order valence-electron chi connectivity index (χ0n) is 8.18. The van der Waals surface area contributed by atoms with Crippen molar-refractivity contribution < 1.29 is 9.59 Å². The van der Waals surface area contributed by atoms with E-state index in [0.717, 1.165) is 6.41 Å². The van der Waals surface area contributed by atoms with Crippen molar-refractivity contribution in [1.82, 2.24) is 9.88 Å². The molecule has 1 aromatic heterocycles. The second-order valence-corrected chi connectivity index (χ2v) is 2.65. The van der Waals surface area contributed by atoms with Crippen LogP contribution in [0.2, 0.25) is 0 Å². The van der Waals surface area contributed by atoms with E-state index < -0.39 is 5.91 Å². The van der Waals surface area contributed by atoms with E-state index in [4.69, 9.17) is 5.73 Å². The first kappa shape index (κ1) is 12.1. The predicted molar refractivity (Wildman–Crippen MR) is 52.5 cm³/mol. The minimum atomic E-state index is -0.490. The second kappa shape index (κ2) is 6.59. The molecule has 0 unspecified atom stereocenters. The third-order valence-electron chi connectivity index (χ3n) is 1.13. The lowest BCUT2D eigenvalue weighted by Crippen LogP contribution is -2.12. The predicted octanol–water partition coefficient (Wildman–Crippen LogP) is -0.115. The Hall–Kier alpha value is -1.91. The van der Waals surface area contributed by atoms with Crippen LogP contribution in [0, 0.1) is 0 Å². The molecule has 76 valence electrons. The highest BCUT2D eigenvalue weighted by atomic mass is 16.1. The number of pyridine rings is 1. The van der Waals surface area contributed by atoms with Crippen LogP contribution in [-0.4, -0.2) is 36.3 Å². The summed E-state index contributed by atoms with van der Waals surface area (Å²) in [5.74, 6) is -0.490. The molecule has 14 heavy (non-hydrogen) atoms. The molecular formula is C9H13N3O2. The van der Waals surface area contributed by atoms with Crippen molar-refractivity contribution in [1.29, 1.82) is 0 Å². The lowest BCUT2D eigenvalue weighted by atomic mass is 10.3. The molecule has 1 aromatic rings. The van der Waals surface area contributed by atoms with Gasteiger partial charge in [0, 0.05) is 20.3 Å². The van der Waals surface area contributed by atoms with Gasteiger partial charge < -0.3 is 10.6 Å². The normalized spacial score (nSPS) is 8.14. The van der Waals surface area contributed by atoms with Gasteiger partial charge in [-0.15, -0.1) is 0 Å². The van der Waals surface area contributed by atoms with Gasteiger partial charge >= 0.3 is 0 Å². The quantitative estimate of drug-likeness (QED) is 0.668. The van der Waals surface area contributed by atoms with Gasteiger partial charge in [-0.2, -0.15) is 0 Å². The summed E-state index contributed by atoms with van der Waals surface area (Å²) in [7, 11) is 3.38. The van der Waals surface area contributed by atoms with Crippen molar-refractivity contribution in [3.05, 3.63) is 30.1 Å². The highest BCUT2D eigenvalue weighted by molar-refractivity contribution is 5.90. The molecule has 5 nitrogen and oxygen atoms in total. The fraction of sp³-hybridized carbons (Fsp3) is 0.222. The smallest absolute Gasteiger partial charge is 0.267 e. The zero-order valence-corrected chi connectivity index (χ0v) is 8.18. The summed E-state index contributed by atoms with van der Waals surface area (Å²) in [4.78, 5) is 24.9. The fourth-order valence-electron chi connectivity index (χ4n) is 0.509. The van der Waals surface area contributed by atoms with Gasteiger partial charge in [-0.05, 0) is 12.1 Å². The Balaban J connectivity index is 0.000000292. The van der Waals surface area contributed by atoms with Crippen LogP contribution in [0.4, 0.5) is 0 Å². The Morgan fingerprint density at radius 3 is 2.29 bits per heavy atom. The summed E-state index contributed by atoms with van der Waals surface area (Å²) >= 11 is 0. The number of nitrogens with two attached hydrogens (primary N) is 1. The van der Waals surface area contributed by atoms with Gasteiger partial charge in [0.05, 0.1) is 0 Å². The number of amides is 2. The Kier molecular flexibility index (Phi) is 5.69. The standard InChI is InChI=1S/C6H6N2O.C3H7NO/c7-6(9)5-3-1-2-4-8-5;1-4(2)3-5/h1-4H,(H2,7,9);3H,1-2H3. The summed E-state index contributed by atoms with van der Waals surface area (Å²) in [5, 5.41) is 0. The maximum atomic E-state index is 10.4. The molecule has 0 aromatic carbocycles. The van der Waals surface area contributed by atoms with E-state index in [9.17, 15) is 9.59 Å². The van der Waals surface area contributed by atoms with Crippen LogP contribution in [0.1, 0.15) is 10.5 Å². The molecule has 0 aliphatic carbocycles. The number of hydrogen-bond acceptors (Lipinski definition) is 3. The first-order chi connectivity index (χ1) is 6.57. The number of aromatic nitrogens is 1. The first-order valence-corrected chi connectivity index (χ1v) is 3.90. The topological polar surface area (TPSA) is 76.3 Å². The molecule has 0 spiro atoms. The maximum absolute atomic E-state index is 10.4. The first-order valence-electron chi connectivity index (χ1n) is 3.90. The van der Waals surface area contributed by atoms with E-state index in [1.54, 1.807) is 32.3 Å².